The van der Waals surface area contributed by atoms with Crippen LogP contribution in [0.4, 0.5) is 11.4 Å². The number of amidine groups is 1. The van der Waals surface area contributed by atoms with Crippen LogP contribution in [0.1, 0.15) is 41.9 Å². The fourth-order valence-electron chi connectivity index (χ4n) is 5.04. The number of aryl methyl sites for hydroxylation is 1. The molecule has 1 aliphatic carbocycles. The first kappa shape index (κ1) is 23.2. The molecule has 1 atom stereocenters. The Bertz CT molecular complexity index is 1420. The third-order valence-electron chi connectivity index (χ3n) is 6.79. The highest BCUT2D eigenvalue weighted by atomic mass is 16.6. The van der Waals surface area contributed by atoms with Gasteiger partial charge in [-0.05, 0) is 37.5 Å². The zero-order valence-electron chi connectivity index (χ0n) is 19.8. The maximum absolute atomic E-state index is 13.5. The Kier molecular flexibility index (Phi) is 5.98. The maximum atomic E-state index is 13.5. The van der Waals surface area contributed by atoms with Crippen LogP contribution in [0.15, 0.2) is 95.7 Å². The number of carbonyl (C=O) groups is 1. The van der Waals surface area contributed by atoms with Gasteiger partial charge >= 0.3 is 0 Å². The van der Waals surface area contributed by atoms with Crippen LogP contribution < -0.4 is 4.90 Å². The van der Waals surface area contributed by atoms with Crippen LogP contribution in [0.3, 0.4) is 0 Å². The van der Waals surface area contributed by atoms with Gasteiger partial charge in [0.15, 0.2) is 5.78 Å². The number of Topliss-reactive ketones (excluding diaryl/α,β-unsaturated/α-hetero) is 1. The quantitative estimate of drug-likeness (QED) is 0.254. The second-order valence-electron chi connectivity index (χ2n) is 9.07. The lowest BCUT2D eigenvalue weighted by atomic mass is 9.73. The molecule has 0 unspecified atom stereocenters. The Morgan fingerprint density at radius 2 is 1.67 bits per heavy atom. The fraction of sp³-hybridized carbons (Fsp3) is 0.172. The van der Waals surface area contributed by atoms with E-state index in [0.717, 1.165) is 16.9 Å². The highest BCUT2D eigenvalue weighted by molar-refractivity contribution is 6.19. The Morgan fingerprint density at radius 1 is 1.00 bits per heavy atom. The van der Waals surface area contributed by atoms with Gasteiger partial charge in [-0.25, -0.2) is 0 Å². The van der Waals surface area contributed by atoms with Gasteiger partial charge in [0.1, 0.15) is 11.6 Å². The van der Waals surface area contributed by atoms with Crippen molar-refractivity contribution >= 4 is 28.8 Å². The van der Waals surface area contributed by atoms with Crippen LogP contribution in [0.5, 0.6) is 0 Å². The summed E-state index contributed by atoms with van der Waals surface area (Å²) >= 11 is 0. The van der Waals surface area contributed by atoms with E-state index < -0.39 is 10.8 Å². The number of aliphatic hydroxyl groups excluding tert-OH is 1. The van der Waals surface area contributed by atoms with E-state index in [9.17, 15) is 25.4 Å². The molecule has 5 rings (SSSR count). The van der Waals surface area contributed by atoms with Gasteiger partial charge in [0, 0.05) is 52.6 Å². The molecule has 1 aliphatic heterocycles. The van der Waals surface area contributed by atoms with Gasteiger partial charge in [0.2, 0.25) is 0 Å². The molecule has 3 aromatic carbocycles. The summed E-state index contributed by atoms with van der Waals surface area (Å²) in [6.45, 7) is 1.95. The second-order valence-corrected chi connectivity index (χ2v) is 9.07. The van der Waals surface area contributed by atoms with E-state index in [-0.39, 0.29) is 23.1 Å². The Morgan fingerprint density at radius 3 is 2.31 bits per heavy atom. The van der Waals surface area contributed by atoms with Crippen molar-refractivity contribution in [1.82, 2.24) is 0 Å². The summed E-state index contributed by atoms with van der Waals surface area (Å²) in [5.41, 5.74) is 4.43. The van der Waals surface area contributed by atoms with Gasteiger partial charge in [-0.1, -0.05) is 60.2 Å². The van der Waals surface area contributed by atoms with Crippen molar-refractivity contribution in [2.75, 3.05) is 4.90 Å². The number of para-hydroxylation sites is 1. The highest BCUT2D eigenvalue weighted by Gasteiger charge is 2.43. The molecule has 0 saturated carbocycles. The fourth-order valence-corrected chi connectivity index (χ4v) is 5.04. The van der Waals surface area contributed by atoms with Crippen LogP contribution in [0, 0.1) is 22.4 Å². The summed E-state index contributed by atoms with van der Waals surface area (Å²) in [6, 6.07) is 22.8. The van der Waals surface area contributed by atoms with Crippen LogP contribution in [-0.2, 0) is 4.79 Å². The average Bonchev–Trinajstić information content (AvgIpc) is 2.89. The van der Waals surface area contributed by atoms with E-state index in [4.69, 9.17) is 0 Å². The molecule has 0 aromatic heterocycles. The summed E-state index contributed by atoms with van der Waals surface area (Å²) in [5, 5.41) is 32.1. The molecule has 0 spiro atoms. The number of rotatable bonds is 4. The molecule has 0 saturated heterocycles. The Balaban J connectivity index is 1.80. The SMILES string of the molecule is Cc1ccc(C(O)=C2C(=N)N(c3ccccc3)C3=C(C(=O)CCC3)[C@@H]2c2ccc([N+](=O)[O-])cc2)cc1. The lowest BCUT2D eigenvalue weighted by Crippen LogP contribution is -2.42. The molecule has 1 heterocycles. The van der Waals surface area contributed by atoms with Crippen molar-refractivity contribution in [3.63, 3.8) is 0 Å². The Hall–Kier alpha value is -4.52. The number of hydrogen-bond acceptors (Lipinski definition) is 5. The molecule has 7 heteroatoms. The minimum absolute atomic E-state index is 0.0396. The van der Waals surface area contributed by atoms with Gasteiger partial charge in [-0.2, -0.15) is 0 Å². The van der Waals surface area contributed by atoms with E-state index in [0.29, 0.717) is 41.5 Å². The zero-order valence-corrected chi connectivity index (χ0v) is 19.8. The van der Waals surface area contributed by atoms with E-state index in [1.54, 1.807) is 29.2 Å². The summed E-state index contributed by atoms with van der Waals surface area (Å²) < 4.78 is 0. The summed E-state index contributed by atoms with van der Waals surface area (Å²) in [4.78, 5) is 26.0. The number of anilines is 1. The van der Waals surface area contributed by atoms with Gasteiger partial charge < -0.3 is 5.11 Å². The summed E-state index contributed by atoms with van der Waals surface area (Å²) in [7, 11) is 0. The molecular formula is C29H25N3O4. The van der Waals surface area contributed by atoms with E-state index in [1.165, 1.54) is 12.1 Å². The van der Waals surface area contributed by atoms with Crippen LogP contribution in [0.2, 0.25) is 0 Å². The van der Waals surface area contributed by atoms with Crippen molar-refractivity contribution in [1.29, 1.82) is 5.41 Å². The van der Waals surface area contributed by atoms with Gasteiger partial charge in [-0.15, -0.1) is 0 Å². The van der Waals surface area contributed by atoms with Crippen molar-refractivity contribution in [3.05, 3.63) is 123 Å². The number of nitrogens with one attached hydrogen (secondary N) is 1. The highest BCUT2D eigenvalue weighted by Crippen LogP contribution is 2.48. The number of nitrogens with zero attached hydrogens (tertiary/aromatic N) is 2. The first-order valence-electron chi connectivity index (χ1n) is 11.8. The molecule has 0 bridgehead atoms. The number of hydrogen-bond donors (Lipinski definition) is 2. The van der Waals surface area contributed by atoms with Gasteiger partial charge in [0.25, 0.3) is 5.69 Å². The standard InChI is InChI=1S/C29H25N3O4/c1-18-10-12-20(13-11-18)28(34)27-25(19-14-16-22(17-15-19)32(35)36)26-23(8-5-9-24(26)33)31(29(27)30)21-6-3-2-4-7-21/h2-4,6-7,10-17,25,30,34H,5,8-9H2,1H3/t25-/m0/s1. The molecule has 2 N–H and O–H groups in total. The van der Waals surface area contributed by atoms with E-state index in [1.807, 2.05) is 49.4 Å². The molecule has 180 valence electrons. The van der Waals surface area contributed by atoms with E-state index in [2.05, 4.69) is 0 Å². The third-order valence-corrected chi connectivity index (χ3v) is 6.79. The van der Waals surface area contributed by atoms with Crippen molar-refractivity contribution in [2.24, 2.45) is 0 Å². The predicted octanol–water partition coefficient (Wildman–Crippen LogP) is 6.46. The zero-order chi connectivity index (χ0) is 25.4. The number of non-ortho nitro benzene ring substituents is 1. The average molecular weight is 480 g/mol. The predicted molar refractivity (Wildman–Crippen MR) is 139 cm³/mol. The van der Waals surface area contributed by atoms with Gasteiger partial charge in [-0.3, -0.25) is 25.2 Å². The molecule has 2 aliphatic rings. The van der Waals surface area contributed by atoms with Crippen molar-refractivity contribution in [2.45, 2.75) is 32.1 Å². The minimum Gasteiger partial charge on any atom is -0.507 e. The van der Waals surface area contributed by atoms with Crippen molar-refractivity contribution in [3.8, 4) is 0 Å². The largest absolute Gasteiger partial charge is 0.507 e. The maximum Gasteiger partial charge on any atom is 0.269 e. The first-order chi connectivity index (χ1) is 17.4. The smallest absolute Gasteiger partial charge is 0.269 e. The topological polar surface area (TPSA) is 108 Å². The van der Waals surface area contributed by atoms with Crippen LogP contribution in [0.25, 0.3) is 5.76 Å². The number of aliphatic hydroxyl groups is 1. The van der Waals surface area contributed by atoms with Crippen molar-refractivity contribution < 1.29 is 14.8 Å². The minimum atomic E-state index is -0.720. The third kappa shape index (κ3) is 3.98. The monoisotopic (exact) mass is 479 g/mol. The Labute approximate surface area is 208 Å². The number of ketones is 1. The van der Waals surface area contributed by atoms with E-state index >= 15 is 0 Å². The number of nitro benzene ring substituents is 1. The molecule has 0 amide bonds. The first-order valence-corrected chi connectivity index (χ1v) is 11.8. The number of nitro groups is 1. The molecular weight excluding hydrogens is 454 g/mol. The lowest BCUT2D eigenvalue weighted by Gasteiger charge is -2.41. The molecule has 3 aromatic rings. The summed E-state index contributed by atoms with van der Waals surface area (Å²) in [6.07, 6.45) is 1.65. The van der Waals surface area contributed by atoms with Crippen LogP contribution >= 0.6 is 0 Å². The number of carbonyl (C=O) groups excluding carboxylic acids is 1. The van der Waals surface area contributed by atoms with Crippen LogP contribution in [-0.4, -0.2) is 21.6 Å². The van der Waals surface area contributed by atoms with Gasteiger partial charge in [0.05, 0.1) is 4.92 Å². The molecule has 0 fully saturated rings. The normalized spacial score (nSPS) is 19.2. The molecule has 36 heavy (non-hydrogen) atoms. The second kappa shape index (κ2) is 9.26. The number of allylic oxidation sites excluding steroid dienone is 2. The lowest BCUT2D eigenvalue weighted by molar-refractivity contribution is -0.384. The summed E-state index contributed by atoms with van der Waals surface area (Å²) in [5.74, 6) is -0.769. The number of benzene rings is 3. The molecule has 7 nitrogen and oxygen atoms in total. The molecule has 0 radical (unpaired) electrons.